The molecule has 0 radical (unpaired) electrons. The van der Waals surface area contributed by atoms with E-state index in [1.54, 1.807) is 24.3 Å². The number of phenols is 1. The van der Waals surface area contributed by atoms with E-state index in [0.29, 0.717) is 5.75 Å². The summed E-state index contributed by atoms with van der Waals surface area (Å²) in [6.07, 6.45) is 0. The maximum Gasteiger partial charge on any atom is 0.128 e. The zero-order chi connectivity index (χ0) is 12.4. The fourth-order valence-electron chi connectivity index (χ4n) is 1.88. The van der Waals surface area contributed by atoms with Gasteiger partial charge in [0.15, 0.2) is 0 Å². The highest BCUT2D eigenvalue weighted by Gasteiger charge is 1.99. The molecule has 0 aliphatic carbocycles. The molecule has 0 saturated carbocycles. The molecule has 0 bridgehead atoms. The second-order valence-corrected chi connectivity index (χ2v) is 4.10. The number of hydrogen-bond acceptors (Lipinski definition) is 2. The van der Waals surface area contributed by atoms with Gasteiger partial charge in [0.2, 0.25) is 0 Å². The van der Waals surface area contributed by atoms with Crippen LogP contribution < -0.4 is 4.74 Å². The van der Waals surface area contributed by atoms with E-state index in [0.717, 1.165) is 11.1 Å². The molecule has 3 aromatic rings. The summed E-state index contributed by atoms with van der Waals surface area (Å²) in [6, 6.07) is 20.8. The molecule has 1 N–H and O–H groups in total. The van der Waals surface area contributed by atoms with Crippen LogP contribution in [0.15, 0.2) is 66.7 Å². The van der Waals surface area contributed by atoms with Crippen molar-refractivity contribution in [1.82, 2.24) is 0 Å². The van der Waals surface area contributed by atoms with E-state index in [2.05, 4.69) is 12.1 Å². The van der Waals surface area contributed by atoms with E-state index in [-0.39, 0.29) is 5.75 Å². The Kier molecular flexibility index (Phi) is 2.61. The zero-order valence-corrected chi connectivity index (χ0v) is 9.71. The molecule has 0 amide bonds. The lowest BCUT2D eigenvalue weighted by atomic mass is 10.1. The standard InChI is InChI=1S/C16H12O2/c17-14-6-9-15(10-7-14)18-16-8-5-12-3-1-2-4-13(12)11-16/h1-11,17H. The summed E-state index contributed by atoms with van der Waals surface area (Å²) >= 11 is 0. The van der Waals surface area contributed by atoms with Crippen molar-refractivity contribution in [2.24, 2.45) is 0 Å². The van der Waals surface area contributed by atoms with E-state index in [4.69, 9.17) is 4.74 Å². The van der Waals surface area contributed by atoms with Gasteiger partial charge in [-0.2, -0.15) is 0 Å². The molecular formula is C16H12O2. The lowest BCUT2D eigenvalue weighted by Crippen LogP contribution is -1.83. The van der Waals surface area contributed by atoms with Crippen LogP contribution in [0, 0.1) is 0 Å². The Bertz CT molecular complexity index is 672. The molecule has 0 saturated heterocycles. The van der Waals surface area contributed by atoms with Crippen LogP contribution >= 0.6 is 0 Å². The molecule has 88 valence electrons. The number of benzene rings is 3. The zero-order valence-electron chi connectivity index (χ0n) is 9.71. The second kappa shape index (κ2) is 4.41. The van der Waals surface area contributed by atoms with Crippen LogP contribution in [0.3, 0.4) is 0 Å². The highest BCUT2D eigenvalue weighted by atomic mass is 16.5. The van der Waals surface area contributed by atoms with E-state index >= 15 is 0 Å². The van der Waals surface area contributed by atoms with Crippen molar-refractivity contribution in [2.45, 2.75) is 0 Å². The number of hydrogen-bond donors (Lipinski definition) is 1. The Hall–Kier alpha value is -2.48. The van der Waals surface area contributed by atoms with Crippen molar-refractivity contribution in [3.05, 3.63) is 66.7 Å². The maximum absolute atomic E-state index is 9.21. The van der Waals surface area contributed by atoms with Crippen molar-refractivity contribution in [3.8, 4) is 17.2 Å². The molecule has 0 aliphatic rings. The molecule has 0 atom stereocenters. The summed E-state index contributed by atoms with van der Waals surface area (Å²) in [4.78, 5) is 0. The second-order valence-electron chi connectivity index (χ2n) is 4.10. The number of rotatable bonds is 2. The first kappa shape index (κ1) is 10.7. The quantitative estimate of drug-likeness (QED) is 0.717. The first-order valence-electron chi connectivity index (χ1n) is 5.77. The first-order chi connectivity index (χ1) is 8.81. The summed E-state index contributed by atoms with van der Waals surface area (Å²) < 4.78 is 5.73. The lowest BCUT2D eigenvalue weighted by Gasteiger charge is -2.06. The molecule has 0 spiro atoms. The number of fused-ring (bicyclic) bond motifs is 1. The Morgan fingerprint density at radius 2 is 1.33 bits per heavy atom. The number of ether oxygens (including phenoxy) is 1. The third-order valence-electron chi connectivity index (χ3n) is 2.79. The van der Waals surface area contributed by atoms with Crippen molar-refractivity contribution in [2.75, 3.05) is 0 Å². The van der Waals surface area contributed by atoms with E-state index in [1.807, 2.05) is 30.3 Å². The van der Waals surface area contributed by atoms with Gasteiger partial charge < -0.3 is 9.84 Å². The minimum Gasteiger partial charge on any atom is -0.508 e. The van der Waals surface area contributed by atoms with Crippen LogP contribution in [0.2, 0.25) is 0 Å². The van der Waals surface area contributed by atoms with Gasteiger partial charge >= 0.3 is 0 Å². The van der Waals surface area contributed by atoms with Gasteiger partial charge in [-0.3, -0.25) is 0 Å². The topological polar surface area (TPSA) is 29.5 Å². The van der Waals surface area contributed by atoms with Crippen molar-refractivity contribution in [1.29, 1.82) is 0 Å². The predicted molar refractivity (Wildman–Crippen MR) is 72.1 cm³/mol. The molecule has 18 heavy (non-hydrogen) atoms. The van der Waals surface area contributed by atoms with Crippen LogP contribution in [0.1, 0.15) is 0 Å². The fourth-order valence-corrected chi connectivity index (χ4v) is 1.88. The van der Waals surface area contributed by atoms with Gasteiger partial charge in [0, 0.05) is 0 Å². The molecule has 2 nitrogen and oxygen atoms in total. The van der Waals surface area contributed by atoms with E-state index in [1.165, 1.54) is 5.39 Å². The van der Waals surface area contributed by atoms with Crippen molar-refractivity contribution in [3.63, 3.8) is 0 Å². The number of aromatic hydroxyl groups is 1. The smallest absolute Gasteiger partial charge is 0.128 e. The van der Waals surface area contributed by atoms with Gasteiger partial charge in [-0.15, -0.1) is 0 Å². The average molecular weight is 236 g/mol. The third-order valence-corrected chi connectivity index (χ3v) is 2.79. The van der Waals surface area contributed by atoms with E-state index in [9.17, 15) is 5.11 Å². The molecule has 0 fully saturated rings. The van der Waals surface area contributed by atoms with Crippen molar-refractivity contribution < 1.29 is 9.84 Å². The Balaban J connectivity index is 1.92. The van der Waals surface area contributed by atoms with Crippen LogP contribution in [-0.2, 0) is 0 Å². The number of phenolic OH excluding ortho intramolecular Hbond substituents is 1. The highest BCUT2D eigenvalue weighted by Crippen LogP contribution is 2.26. The van der Waals surface area contributed by atoms with Crippen LogP contribution in [0.5, 0.6) is 17.2 Å². The Morgan fingerprint density at radius 3 is 2.11 bits per heavy atom. The summed E-state index contributed by atoms with van der Waals surface area (Å²) in [6.45, 7) is 0. The highest BCUT2D eigenvalue weighted by molar-refractivity contribution is 5.83. The Morgan fingerprint density at radius 1 is 0.667 bits per heavy atom. The van der Waals surface area contributed by atoms with Crippen LogP contribution in [0.4, 0.5) is 0 Å². The van der Waals surface area contributed by atoms with Gasteiger partial charge in [0.05, 0.1) is 0 Å². The fraction of sp³-hybridized carbons (Fsp3) is 0. The maximum atomic E-state index is 9.21. The summed E-state index contributed by atoms with van der Waals surface area (Å²) in [5, 5.41) is 11.5. The van der Waals surface area contributed by atoms with Gasteiger partial charge in [-0.1, -0.05) is 30.3 Å². The SMILES string of the molecule is Oc1ccc(Oc2ccc3ccccc3c2)cc1. The van der Waals surface area contributed by atoms with Gasteiger partial charge in [-0.05, 0) is 47.2 Å². The molecule has 3 aromatic carbocycles. The van der Waals surface area contributed by atoms with Crippen molar-refractivity contribution >= 4 is 10.8 Å². The van der Waals surface area contributed by atoms with Crippen LogP contribution in [-0.4, -0.2) is 5.11 Å². The summed E-state index contributed by atoms with van der Waals surface area (Å²) in [5.74, 6) is 1.74. The van der Waals surface area contributed by atoms with E-state index < -0.39 is 0 Å². The Labute approximate surface area is 105 Å². The molecular weight excluding hydrogens is 224 g/mol. The predicted octanol–water partition coefficient (Wildman–Crippen LogP) is 4.34. The van der Waals surface area contributed by atoms with Gasteiger partial charge in [0.1, 0.15) is 17.2 Å². The molecule has 0 unspecified atom stereocenters. The normalized spacial score (nSPS) is 10.4. The van der Waals surface area contributed by atoms with Crippen LogP contribution in [0.25, 0.3) is 10.8 Å². The first-order valence-corrected chi connectivity index (χ1v) is 5.77. The minimum atomic E-state index is 0.237. The molecule has 0 aromatic heterocycles. The summed E-state index contributed by atoms with van der Waals surface area (Å²) in [7, 11) is 0. The molecule has 2 heteroatoms. The lowest BCUT2D eigenvalue weighted by molar-refractivity contribution is 0.464. The van der Waals surface area contributed by atoms with Gasteiger partial charge in [0.25, 0.3) is 0 Å². The largest absolute Gasteiger partial charge is 0.508 e. The molecule has 0 heterocycles. The average Bonchev–Trinajstić information content (AvgIpc) is 2.41. The minimum absolute atomic E-state index is 0.237. The third kappa shape index (κ3) is 2.13. The van der Waals surface area contributed by atoms with Gasteiger partial charge in [-0.25, -0.2) is 0 Å². The monoisotopic (exact) mass is 236 g/mol. The molecule has 0 aliphatic heterocycles. The summed E-state index contributed by atoms with van der Waals surface area (Å²) in [5.41, 5.74) is 0. The molecule has 3 rings (SSSR count).